The van der Waals surface area contributed by atoms with Gasteiger partial charge in [-0.2, -0.15) is 0 Å². The van der Waals surface area contributed by atoms with Crippen LogP contribution in [0.15, 0.2) is 24.3 Å². The zero-order valence-corrected chi connectivity index (χ0v) is 13.9. The molecule has 3 nitrogen and oxygen atoms in total. The van der Waals surface area contributed by atoms with E-state index in [-0.39, 0.29) is 5.91 Å². The molecule has 1 amide bonds. The van der Waals surface area contributed by atoms with E-state index in [1.54, 1.807) is 0 Å². The van der Waals surface area contributed by atoms with Gasteiger partial charge in [0.1, 0.15) is 0 Å². The monoisotopic (exact) mass is 300 g/mol. The Morgan fingerprint density at radius 1 is 1.14 bits per heavy atom. The van der Waals surface area contributed by atoms with E-state index in [1.807, 2.05) is 17.0 Å². The second-order valence-electron chi connectivity index (χ2n) is 6.70. The van der Waals surface area contributed by atoms with Gasteiger partial charge >= 0.3 is 0 Å². The standard InChI is InChI=1S/C19H28N2O/c1-3-15(4-2)16-6-5-7-17(14-16)19(22)21-12-10-20(11-13-21)18-8-9-18/h5-7,14-15,18H,3-4,8-13H2,1-2H3. The van der Waals surface area contributed by atoms with Crippen LogP contribution in [-0.4, -0.2) is 47.9 Å². The Kier molecular flexibility index (Phi) is 4.82. The summed E-state index contributed by atoms with van der Waals surface area (Å²) in [7, 11) is 0. The Morgan fingerprint density at radius 2 is 1.82 bits per heavy atom. The second kappa shape index (κ2) is 6.82. The SMILES string of the molecule is CCC(CC)c1cccc(C(=O)N2CCN(C3CC3)CC2)c1. The summed E-state index contributed by atoms with van der Waals surface area (Å²) >= 11 is 0. The highest BCUT2D eigenvalue weighted by atomic mass is 16.2. The molecule has 1 heterocycles. The fraction of sp³-hybridized carbons (Fsp3) is 0.632. The van der Waals surface area contributed by atoms with Crippen molar-refractivity contribution < 1.29 is 4.79 Å². The van der Waals surface area contributed by atoms with E-state index >= 15 is 0 Å². The van der Waals surface area contributed by atoms with Gasteiger partial charge in [0.2, 0.25) is 0 Å². The lowest BCUT2D eigenvalue weighted by Crippen LogP contribution is -2.49. The molecule has 3 heteroatoms. The van der Waals surface area contributed by atoms with Crippen LogP contribution in [0.5, 0.6) is 0 Å². The number of carbonyl (C=O) groups is 1. The van der Waals surface area contributed by atoms with Crippen molar-refractivity contribution in [2.24, 2.45) is 0 Å². The number of rotatable bonds is 5. The Hall–Kier alpha value is -1.35. The van der Waals surface area contributed by atoms with Crippen molar-refractivity contribution in [1.82, 2.24) is 9.80 Å². The van der Waals surface area contributed by atoms with Crippen LogP contribution in [0.1, 0.15) is 61.4 Å². The summed E-state index contributed by atoms with van der Waals surface area (Å²) in [4.78, 5) is 17.3. The average Bonchev–Trinajstić information content (AvgIpc) is 3.41. The normalized spacial score (nSPS) is 19.7. The lowest BCUT2D eigenvalue weighted by atomic mass is 9.92. The predicted octanol–water partition coefficient (Wildman–Crippen LogP) is 3.51. The van der Waals surface area contributed by atoms with Gasteiger partial charge in [-0.15, -0.1) is 0 Å². The number of amides is 1. The molecule has 1 saturated carbocycles. The molecule has 1 saturated heterocycles. The number of piperazine rings is 1. The predicted molar refractivity (Wildman–Crippen MR) is 90.3 cm³/mol. The first-order chi connectivity index (χ1) is 10.7. The minimum atomic E-state index is 0.211. The van der Waals surface area contributed by atoms with Crippen molar-refractivity contribution in [3.63, 3.8) is 0 Å². The maximum Gasteiger partial charge on any atom is 0.253 e. The Morgan fingerprint density at radius 3 is 2.41 bits per heavy atom. The molecule has 0 bridgehead atoms. The van der Waals surface area contributed by atoms with Crippen LogP contribution in [0, 0.1) is 0 Å². The fourth-order valence-corrected chi connectivity index (χ4v) is 3.60. The molecule has 0 spiro atoms. The Bertz CT molecular complexity index is 512. The van der Waals surface area contributed by atoms with Crippen molar-refractivity contribution in [3.05, 3.63) is 35.4 Å². The van der Waals surface area contributed by atoms with Crippen LogP contribution in [0.2, 0.25) is 0 Å². The molecule has 0 N–H and O–H groups in total. The molecule has 0 aromatic heterocycles. The third kappa shape index (κ3) is 3.35. The summed E-state index contributed by atoms with van der Waals surface area (Å²) in [6, 6.07) is 9.12. The Balaban J connectivity index is 1.65. The maximum absolute atomic E-state index is 12.8. The lowest BCUT2D eigenvalue weighted by Gasteiger charge is -2.35. The molecule has 1 aromatic carbocycles. The van der Waals surface area contributed by atoms with Gasteiger partial charge in [0, 0.05) is 37.8 Å². The van der Waals surface area contributed by atoms with Crippen LogP contribution in [-0.2, 0) is 0 Å². The first-order valence-corrected chi connectivity index (χ1v) is 8.86. The number of carbonyl (C=O) groups excluding carboxylic acids is 1. The largest absolute Gasteiger partial charge is 0.336 e. The second-order valence-corrected chi connectivity index (χ2v) is 6.70. The molecule has 0 radical (unpaired) electrons. The van der Waals surface area contributed by atoms with Crippen molar-refractivity contribution in [3.8, 4) is 0 Å². The molecule has 0 atom stereocenters. The maximum atomic E-state index is 12.8. The zero-order valence-electron chi connectivity index (χ0n) is 13.9. The molecule has 2 aliphatic rings. The Labute approximate surface area is 134 Å². The topological polar surface area (TPSA) is 23.6 Å². The molecule has 0 unspecified atom stereocenters. The zero-order chi connectivity index (χ0) is 15.5. The molecule has 2 fully saturated rings. The van der Waals surface area contributed by atoms with Crippen LogP contribution in [0.4, 0.5) is 0 Å². The van der Waals surface area contributed by atoms with E-state index in [4.69, 9.17) is 0 Å². The number of hydrogen-bond donors (Lipinski definition) is 0. The highest BCUT2D eigenvalue weighted by molar-refractivity contribution is 5.94. The number of nitrogens with zero attached hydrogens (tertiary/aromatic N) is 2. The van der Waals surface area contributed by atoms with Gasteiger partial charge in [-0.1, -0.05) is 26.0 Å². The highest BCUT2D eigenvalue weighted by Gasteiger charge is 2.32. The molecule has 1 aromatic rings. The molecule has 22 heavy (non-hydrogen) atoms. The van der Waals surface area contributed by atoms with Gasteiger partial charge in [-0.05, 0) is 49.3 Å². The van der Waals surface area contributed by atoms with Gasteiger partial charge < -0.3 is 4.90 Å². The van der Waals surface area contributed by atoms with Crippen molar-refractivity contribution >= 4 is 5.91 Å². The van der Waals surface area contributed by atoms with Crippen LogP contribution >= 0.6 is 0 Å². The minimum absolute atomic E-state index is 0.211. The van der Waals surface area contributed by atoms with Gasteiger partial charge in [0.25, 0.3) is 5.91 Å². The third-order valence-corrected chi connectivity index (χ3v) is 5.26. The van der Waals surface area contributed by atoms with Crippen LogP contribution < -0.4 is 0 Å². The molecule has 1 aliphatic carbocycles. The minimum Gasteiger partial charge on any atom is -0.336 e. The van der Waals surface area contributed by atoms with E-state index in [0.29, 0.717) is 5.92 Å². The first-order valence-electron chi connectivity index (χ1n) is 8.86. The molecular formula is C19H28N2O. The van der Waals surface area contributed by atoms with Crippen LogP contribution in [0.25, 0.3) is 0 Å². The molecule has 3 rings (SSSR count). The summed E-state index contributed by atoms with van der Waals surface area (Å²) in [6.07, 6.45) is 4.97. The lowest BCUT2D eigenvalue weighted by molar-refractivity contribution is 0.0627. The van der Waals surface area contributed by atoms with Gasteiger partial charge in [-0.25, -0.2) is 0 Å². The van der Waals surface area contributed by atoms with E-state index in [2.05, 4.69) is 30.9 Å². The quantitative estimate of drug-likeness (QED) is 0.831. The number of benzene rings is 1. The number of hydrogen-bond acceptors (Lipinski definition) is 2. The molecular weight excluding hydrogens is 272 g/mol. The summed E-state index contributed by atoms with van der Waals surface area (Å²) in [5.74, 6) is 0.780. The summed E-state index contributed by atoms with van der Waals surface area (Å²) < 4.78 is 0. The van der Waals surface area contributed by atoms with Crippen molar-refractivity contribution in [1.29, 1.82) is 0 Å². The van der Waals surface area contributed by atoms with Gasteiger partial charge in [0.15, 0.2) is 0 Å². The third-order valence-electron chi connectivity index (χ3n) is 5.26. The van der Waals surface area contributed by atoms with E-state index < -0.39 is 0 Å². The van der Waals surface area contributed by atoms with Crippen molar-refractivity contribution in [2.75, 3.05) is 26.2 Å². The van der Waals surface area contributed by atoms with Crippen LogP contribution in [0.3, 0.4) is 0 Å². The van der Waals surface area contributed by atoms with E-state index in [9.17, 15) is 4.79 Å². The highest BCUT2D eigenvalue weighted by Crippen LogP contribution is 2.28. The molecule has 120 valence electrons. The molecule has 1 aliphatic heterocycles. The average molecular weight is 300 g/mol. The van der Waals surface area contributed by atoms with Gasteiger partial charge in [-0.3, -0.25) is 9.69 Å². The smallest absolute Gasteiger partial charge is 0.253 e. The summed E-state index contributed by atoms with van der Waals surface area (Å²) in [6.45, 7) is 8.29. The van der Waals surface area contributed by atoms with Gasteiger partial charge in [0.05, 0.1) is 0 Å². The summed E-state index contributed by atoms with van der Waals surface area (Å²) in [5.41, 5.74) is 2.18. The van der Waals surface area contributed by atoms with E-state index in [0.717, 1.165) is 50.6 Å². The first kappa shape index (κ1) is 15.5. The van der Waals surface area contributed by atoms with Crippen molar-refractivity contribution in [2.45, 2.75) is 51.5 Å². The fourth-order valence-electron chi connectivity index (χ4n) is 3.60. The summed E-state index contributed by atoms with van der Waals surface area (Å²) in [5, 5.41) is 0. The van der Waals surface area contributed by atoms with E-state index in [1.165, 1.54) is 18.4 Å².